The number of carbonyl (C=O) groups is 1. The molecule has 1 N–H and O–H groups in total. The van der Waals surface area contributed by atoms with E-state index in [4.69, 9.17) is 0 Å². The van der Waals surface area contributed by atoms with E-state index in [2.05, 4.69) is 5.32 Å². The molecule has 0 aromatic carbocycles. The summed E-state index contributed by atoms with van der Waals surface area (Å²) in [6.45, 7) is 0. The van der Waals surface area contributed by atoms with E-state index in [-0.39, 0.29) is 6.03 Å². The lowest BCUT2D eigenvalue weighted by Gasteiger charge is -2.32. The van der Waals surface area contributed by atoms with E-state index >= 15 is 0 Å². The van der Waals surface area contributed by atoms with Crippen LogP contribution in [0.5, 0.6) is 0 Å². The van der Waals surface area contributed by atoms with Gasteiger partial charge >= 0.3 is 6.03 Å². The fourth-order valence-electron chi connectivity index (χ4n) is 4.52. The molecule has 3 aliphatic rings. The first-order valence-electron chi connectivity index (χ1n) is 6.64. The average molecular weight is 222 g/mol. The molecule has 3 saturated carbocycles. The molecule has 5 atom stereocenters. The van der Waals surface area contributed by atoms with Gasteiger partial charge in [0.15, 0.2) is 0 Å². The molecule has 0 aliphatic heterocycles. The van der Waals surface area contributed by atoms with Gasteiger partial charge in [-0.05, 0) is 49.4 Å². The van der Waals surface area contributed by atoms with Crippen molar-refractivity contribution in [2.45, 2.75) is 38.1 Å². The molecule has 2 bridgehead atoms. The summed E-state index contributed by atoms with van der Waals surface area (Å²) in [6.07, 6.45) is 6.93. The Morgan fingerprint density at radius 2 is 1.88 bits per heavy atom. The average Bonchev–Trinajstić information content (AvgIpc) is 2.87. The van der Waals surface area contributed by atoms with Crippen LogP contribution in [0.15, 0.2) is 0 Å². The molecule has 2 amide bonds. The first kappa shape index (κ1) is 10.4. The second kappa shape index (κ2) is 3.64. The summed E-state index contributed by atoms with van der Waals surface area (Å²) in [5.74, 6) is 3.66. The van der Waals surface area contributed by atoms with Crippen LogP contribution in [0.1, 0.15) is 32.1 Å². The minimum atomic E-state index is 0.0899. The second-order valence-corrected chi connectivity index (χ2v) is 6.10. The number of urea groups is 1. The topological polar surface area (TPSA) is 32.3 Å². The van der Waals surface area contributed by atoms with Crippen LogP contribution < -0.4 is 5.32 Å². The number of hydrogen-bond donors (Lipinski definition) is 1. The lowest BCUT2D eigenvalue weighted by atomic mass is 9.79. The maximum absolute atomic E-state index is 11.7. The SMILES string of the molecule is CN(C)C(=O)N[C@@H]1C[C@H]2C[C@H]1[C@H]1CCC[C@@H]21. The highest BCUT2D eigenvalue weighted by Gasteiger charge is 2.54. The van der Waals surface area contributed by atoms with Crippen molar-refractivity contribution in [2.75, 3.05) is 14.1 Å². The molecule has 90 valence electrons. The predicted octanol–water partition coefficient (Wildman–Crippen LogP) is 2.08. The summed E-state index contributed by atoms with van der Waals surface area (Å²) in [6, 6.07) is 0.561. The van der Waals surface area contributed by atoms with Crippen LogP contribution in [0.4, 0.5) is 4.79 Å². The van der Waals surface area contributed by atoms with Gasteiger partial charge in [0, 0.05) is 20.1 Å². The molecule has 3 aliphatic carbocycles. The Hall–Kier alpha value is -0.730. The predicted molar refractivity (Wildman–Crippen MR) is 63.1 cm³/mol. The zero-order chi connectivity index (χ0) is 11.3. The van der Waals surface area contributed by atoms with Crippen LogP contribution in [-0.2, 0) is 0 Å². The lowest BCUT2D eigenvalue weighted by molar-refractivity contribution is 0.184. The maximum Gasteiger partial charge on any atom is 0.317 e. The Kier molecular flexibility index (Phi) is 2.37. The van der Waals surface area contributed by atoms with Gasteiger partial charge in [-0.3, -0.25) is 0 Å². The van der Waals surface area contributed by atoms with E-state index in [1.807, 2.05) is 14.1 Å². The maximum atomic E-state index is 11.7. The monoisotopic (exact) mass is 222 g/mol. The smallest absolute Gasteiger partial charge is 0.317 e. The van der Waals surface area contributed by atoms with Crippen LogP contribution in [0.25, 0.3) is 0 Å². The van der Waals surface area contributed by atoms with Crippen LogP contribution in [0.3, 0.4) is 0 Å². The number of carbonyl (C=O) groups excluding carboxylic acids is 1. The summed E-state index contributed by atoms with van der Waals surface area (Å²) >= 11 is 0. The largest absolute Gasteiger partial charge is 0.335 e. The number of fused-ring (bicyclic) bond motifs is 5. The number of hydrogen-bond acceptors (Lipinski definition) is 1. The number of nitrogens with one attached hydrogen (secondary N) is 1. The molecule has 0 unspecified atom stereocenters. The standard InChI is InChI=1S/C13H22N2O/c1-15(2)13(16)14-12-7-8-6-11(12)10-5-3-4-9(8)10/h8-12H,3-7H2,1-2H3,(H,14,16)/t8-,9+,10+,11+,12-/m1/s1. The zero-order valence-electron chi connectivity index (χ0n) is 10.3. The molecule has 0 radical (unpaired) electrons. The van der Waals surface area contributed by atoms with E-state index in [1.165, 1.54) is 32.1 Å². The normalized spacial score (nSPS) is 44.5. The van der Waals surface area contributed by atoms with Gasteiger partial charge in [-0.1, -0.05) is 6.42 Å². The summed E-state index contributed by atoms with van der Waals surface area (Å²) in [5.41, 5.74) is 0. The number of rotatable bonds is 1. The molecule has 3 fully saturated rings. The highest BCUT2D eigenvalue weighted by atomic mass is 16.2. The molecule has 0 aromatic rings. The summed E-state index contributed by atoms with van der Waals surface area (Å²) < 4.78 is 0. The van der Waals surface area contributed by atoms with Gasteiger partial charge in [-0.25, -0.2) is 4.79 Å². The molecule has 16 heavy (non-hydrogen) atoms. The molecule has 0 saturated heterocycles. The first-order valence-corrected chi connectivity index (χ1v) is 6.64. The van der Waals surface area contributed by atoms with Crippen molar-refractivity contribution < 1.29 is 4.79 Å². The van der Waals surface area contributed by atoms with E-state index < -0.39 is 0 Å². The Morgan fingerprint density at radius 1 is 1.12 bits per heavy atom. The van der Waals surface area contributed by atoms with Gasteiger partial charge in [0.05, 0.1) is 0 Å². The number of amides is 2. The van der Waals surface area contributed by atoms with E-state index in [0.717, 1.165) is 23.7 Å². The Bertz CT molecular complexity index is 302. The minimum absolute atomic E-state index is 0.0899. The first-order chi connectivity index (χ1) is 7.66. The van der Waals surface area contributed by atoms with Crippen molar-refractivity contribution in [3.63, 3.8) is 0 Å². The van der Waals surface area contributed by atoms with Gasteiger partial charge in [0.1, 0.15) is 0 Å². The van der Waals surface area contributed by atoms with Gasteiger partial charge < -0.3 is 10.2 Å². The van der Waals surface area contributed by atoms with Crippen molar-refractivity contribution in [3.8, 4) is 0 Å². The van der Waals surface area contributed by atoms with Gasteiger partial charge in [0.2, 0.25) is 0 Å². The quantitative estimate of drug-likeness (QED) is 0.724. The highest BCUT2D eigenvalue weighted by Crippen LogP contribution is 2.58. The van der Waals surface area contributed by atoms with Gasteiger partial charge in [0.25, 0.3) is 0 Å². The third-order valence-corrected chi connectivity index (χ3v) is 5.14. The van der Waals surface area contributed by atoms with Crippen molar-refractivity contribution in [1.82, 2.24) is 10.2 Å². The molecule has 3 rings (SSSR count). The van der Waals surface area contributed by atoms with Crippen molar-refractivity contribution >= 4 is 6.03 Å². The van der Waals surface area contributed by atoms with Crippen molar-refractivity contribution in [1.29, 1.82) is 0 Å². The molecule has 0 heterocycles. The molecule has 0 spiro atoms. The fourth-order valence-corrected chi connectivity index (χ4v) is 4.52. The number of nitrogens with zero attached hydrogens (tertiary/aromatic N) is 1. The van der Waals surface area contributed by atoms with Gasteiger partial charge in [-0.15, -0.1) is 0 Å². The van der Waals surface area contributed by atoms with Crippen LogP contribution in [-0.4, -0.2) is 31.1 Å². The van der Waals surface area contributed by atoms with Crippen molar-refractivity contribution in [3.05, 3.63) is 0 Å². The Morgan fingerprint density at radius 3 is 2.62 bits per heavy atom. The van der Waals surface area contributed by atoms with E-state index in [9.17, 15) is 4.79 Å². The summed E-state index contributed by atoms with van der Waals surface area (Å²) in [7, 11) is 3.64. The summed E-state index contributed by atoms with van der Waals surface area (Å²) in [5, 5.41) is 3.21. The van der Waals surface area contributed by atoms with Crippen LogP contribution in [0.2, 0.25) is 0 Å². The van der Waals surface area contributed by atoms with Crippen molar-refractivity contribution in [2.24, 2.45) is 23.7 Å². The third kappa shape index (κ3) is 1.44. The Labute approximate surface area is 97.6 Å². The second-order valence-electron chi connectivity index (χ2n) is 6.10. The molecular weight excluding hydrogens is 200 g/mol. The molecular formula is C13H22N2O. The van der Waals surface area contributed by atoms with Gasteiger partial charge in [-0.2, -0.15) is 0 Å². The summed E-state index contributed by atoms with van der Waals surface area (Å²) in [4.78, 5) is 13.3. The van der Waals surface area contributed by atoms with E-state index in [1.54, 1.807) is 4.90 Å². The van der Waals surface area contributed by atoms with E-state index in [0.29, 0.717) is 6.04 Å². The fraction of sp³-hybridized carbons (Fsp3) is 0.923. The lowest BCUT2D eigenvalue weighted by Crippen LogP contribution is -2.46. The molecule has 3 heteroatoms. The van der Waals surface area contributed by atoms with Crippen LogP contribution >= 0.6 is 0 Å². The minimum Gasteiger partial charge on any atom is -0.335 e. The molecule has 0 aromatic heterocycles. The van der Waals surface area contributed by atoms with Crippen LogP contribution in [0, 0.1) is 23.7 Å². The zero-order valence-corrected chi connectivity index (χ0v) is 10.3. The molecule has 3 nitrogen and oxygen atoms in total. The third-order valence-electron chi connectivity index (χ3n) is 5.14. The Balaban J connectivity index is 1.66. The highest BCUT2D eigenvalue weighted by molar-refractivity contribution is 5.73.